The molecule has 0 saturated heterocycles. The minimum atomic E-state index is -5.52. The quantitative estimate of drug-likeness (QED) is 0.207. The van der Waals surface area contributed by atoms with E-state index < -0.39 is 43.6 Å². The number of alkyl halides is 17. The monoisotopic (exact) mass is 771 g/mol. The zero-order valence-corrected chi connectivity index (χ0v) is 25.8. The van der Waals surface area contributed by atoms with E-state index in [1.165, 1.54) is 0 Å². The summed E-state index contributed by atoms with van der Waals surface area (Å²) in [4.78, 5) is 0. The lowest BCUT2D eigenvalue weighted by Crippen LogP contribution is -2.70. The average Bonchev–Trinajstić information content (AvgIpc) is 2.43. The minimum Gasteiger partial charge on any atom is -0.283 e. The van der Waals surface area contributed by atoms with Gasteiger partial charge in [-0.2, -0.15) is 8.42 Å². The van der Waals surface area contributed by atoms with Crippen LogP contribution in [0.2, 0.25) is 0 Å². The standard InChI is InChI=1S/C8HCl17O3S/c9-1(10,3(13,14)5(17,18)7(21,22)23)2(11,12)4(15,16)6(19,20)8(24,25)29(26,27)28/h(H,26,27,28). The predicted octanol–water partition coefficient (Wildman–Crippen LogP) is 9.42. The lowest BCUT2D eigenvalue weighted by atomic mass is 10.1. The van der Waals surface area contributed by atoms with E-state index in [4.69, 9.17) is 197 Å². The van der Waals surface area contributed by atoms with E-state index in [0.717, 1.165) is 0 Å². The van der Waals surface area contributed by atoms with Crippen molar-refractivity contribution in [2.45, 2.75) is 33.5 Å². The molecule has 0 atom stereocenters. The van der Waals surface area contributed by atoms with Crippen LogP contribution in [0.1, 0.15) is 0 Å². The Bertz CT molecular complexity index is 732. The van der Waals surface area contributed by atoms with E-state index in [1.54, 1.807) is 0 Å². The van der Waals surface area contributed by atoms with Crippen LogP contribution in [0, 0.1) is 0 Å². The van der Waals surface area contributed by atoms with Crippen molar-refractivity contribution in [1.82, 2.24) is 0 Å². The number of hydrogen-bond donors (Lipinski definition) is 1. The molecule has 29 heavy (non-hydrogen) atoms. The molecule has 0 unspecified atom stereocenters. The van der Waals surface area contributed by atoms with Gasteiger partial charge in [-0.3, -0.25) is 4.55 Å². The van der Waals surface area contributed by atoms with Crippen molar-refractivity contribution in [2.24, 2.45) is 0 Å². The maximum Gasteiger partial charge on any atom is 0.302 e. The molecule has 0 aromatic heterocycles. The first kappa shape index (κ1) is 33.8. The summed E-state index contributed by atoms with van der Waals surface area (Å²) >= 11 is 99.7. The van der Waals surface area contributed by atoms with Crippen LogP contribution >= 0.6 is 197 Å². The predicted molar refractivity (Wildman–Crippen MR) is 133 cm³/mol. The largest absolute Gasteiger partial charge is 0.302 e. The molecule has 0 spiro atoms. The van der Waals surface area contributed by atoms with E-state index in [9.17, 15) is 13.0 Å². The van der Waals surface area contributed by atoms with Crippen LogP contribution in [0.5, 0.6) is 0 Å². The lowest BCUT2D eigenvalue weighted by Gasteiger charge is -2.53. The van der Waals surface area contributed by atoms with E-state index in [2.05, 4.69) is 0 Å². The van der Waals surface area contributed by atoms with Crippen molar-refractivity contribution in [2.75, 3.05) is 0 Å². The lowest BCUT2D eigenvalue weighted by molar-refractivity contribution is 0.440. The molecule has 0 aliphatic carbocycles. The Balaban J connectivity index is 6.90. The topological polar surface area (TPSA) is 54.4 Å². The molecule has 3 nitrogen and oxygen atoms in total. The van der Waals surface area contributed by atoms with Crippen LogP contribution in [0.3, 0.4) is 0 Å². The second-order valence-electron chi connectivity index (χ2n) is 4.94. The Hall–Kier alpha value is 4.84. The molecular formula is C8HCl17O3S. The summed E-state index contributed by atoms with van der Waals surface area (Å²) in [6.45, 7) is 0. The molecule has 0 aliphatic heterocycles. The van der Waals surface area contributed by atoms with Gasteiger partial charge < -0.3 is 0 Å². The second kappa shape index (κ2) is 9.62. The van der Waals surface area contributed by atoms with Crippen LogP contribution < -0.4 is 0 Å². The Morgan fingerprint density at radius 1 is 0.414 bits per heavy atom. The van der Waals surface area contributed by atoms with Crippen LogP contribution in [0.15, 0.2) is 0 Å². The van der Waals surface area contributed by atoms with Crippen molar-refractivity contribution < 1.29 is 13.0 Å². The fourth-order valence-electron chi connectivity index (χ4n) is 1.31. The van der Waals surface area contributed by atoms with Gasteiger partial charge >= 0.3 is 10.1 Å². The molecule has 0 rings (SSSR count). The molecule has 0 saturated carbocycles. The highest BCUT2D eigenvalue weighted by atomic mass is 35.6. The summed E-state index contributed by atoms with van der Waals surface area (Å²) in [5, 5.41) is 0. The maximum atomic E-state index is 11.5. The molecule has 0 bridgehead atoms. The van der Waals surface area contributed by atoms with Crippen molar-refractivity contribution >= 4 is 207 Å². The van der Waals surface area contributed by atoms with Crippen LogP contribution in [0.25, 0.3) is 0 Å². The Morgan fingerprint density at radius 2 is 0.621 bits per heavy atom. The first-order valence-corrected chi connectivity index (χ1v) is 13.5. The summed E-state index contributed by atoms with van der Waals surface area (Å²) in [6.07, 6.45) is 0. The van der Waals surface area contributed by atoms with Gasteiger partial charge in [-0.15, -0.1) is 0 Å². The molecule has 1 N–H and O–H groups in total. The average molecular weight is 780 g/mol. The summed E-state index contributed by atoms with van der Waals surface area (Å²) in [6, 6.07) is 0. The van der Waals surface area contributed by atoms with Crippen molar-refractivity contribution in [1.29, 1.82) is 0 Å². The van der Waals surface area contributed by atoms with Gasteiger partial charge in [-0.1, -0.05) is 197 Å². The molecule has 0 aromatic carbocycles. The molecular weight excluding hydrogens is 779 g/mol. The van der Waals surface area contributed by atoms with Gasteiger partial charge in [-0.05, 0) is 0 Å². The third-order valence-corrected chi connectivity index (χ3v) is 16.5. The molecule has 0 aromatic rings. The van der Waals surface area contributed by atoms with E-state index >= 15 is 0 Å². The zero-order chi connectivity index (χ0) is 24.5. The smallest absolute Gasteiger partial charge is 0.283 e. The fourth-order valence-corrected chi connectivity index (χ4v) is 7.29. The first-order valence-electron chi connectivity index (χ1n) is 5.68. The summed E-state index contributed by atoms with van der Waals surface area (Å²) in [5.74, 6) is 0. The van der Waals surface area contributed by atoms with Crippen molar-refractivity contribution in [3.8, 4) is 0 Å². The van der Waals surface area contributed by atoms with E-state index in [-0.39, 0.29) is 0 Å². The molecule has 21 heteroatoms. The number of hydrogen-bond acceptors (Lipinski definition) is 2. The normalized spacial score (nSPS) is 16.9. The molecule has 0 fully saturated rings. The fraction of sp³-hybridized carbons (Fsp3) is 1.00. The van der Waals surface area contributed by atoms with Gasteiger partial charge in [0, 0.05) is 0 Å². The number of rotatable bonds is 7. The Morgan fingerprint density at radius 3 is 0.828 bits per heavy atom. The second-order valence-corrected chi connectivity index (χ2v) is 18.5. The van der Waals surface area contributed by atoms with Gasteiger partial charge in [0.2, 0.25) is 12.5 Å². The van der Waals surface area contributed by atoms with Crippen LogP contribution in [0.4, 0.5) is 0 Å². The summed E-state index contributed by atoms with van der Waals surface area (Å²) < 4.78 is 6.63. The third-order valence-electron chi connectivity index (χ3n) is 3.02. The number of halogens is 17. The SMILES string of the molecule is O=S(=O)(O)C(Cl)(Cl)C(Cl)(Cl)C(Cl)(Cl)C(Cl)(Cl)C(Cl)(Cl)C(Cl)(Cl)C(Cl)(Cl)C(Cl)(Cl)Cl. The first-order chi connectivity index (χ1) is 12.0. The van der Waals surface area contributed by atoms with E-state index in [1.807, 2.05) is 0 Å². The summed E-state index contributed by atoms with van der Waals surface area (Å²) in [7, 11) is -5.52. The highest BCUT2D eigenvalue weighted by Crippen LogP contribution is 2.72. The molecule has 0 aliphatic rings. The highest BCUT2D eigenvalue weighted by Gasteiger charge is 2.82. The molecule has 0 amide bonds. The van der Waals surface area contributed by atoms with Gasteiger partial charge in [0.15, 0.2) is 17.3 Å². The van der Waals surface area contributed by atoms with Gasteiger partial charge in [0.1, 0.15) is 0 Å². The van der Waals surface area contributed by atoms with Crippen molar-refractivity contribution in [3.63, 3.8) is 0 Å². The van der Waals surface area contributed by atoms with E-state index in [0.29, 0.717) is 0 Å². The van der Waals surface area contributed by atoms with Gasteiger partial charge in [-0.25, -0.2) is 0 Å². The summed E-state index contributed by atoms with van der Waals surface area (Å²) in [5.41, 5.74) is 0. The van der Waals surface area contributed by atoms with Crippen molar-refractivity contribution in [3.05, 3.63) is 0 Å². The molecule has 0 heterocycles. The molecule has 0 radical (unpaired) electrons. The Kier molecular flexibility index (Phi) is 11.2. The van der Waals surface area contributed by atoms with Crippen LogP contribution in [-0.4, -0.2) is 46.4 Å². The third kappa shape index (κ3) is 5.29. The maximum absolute atomic E-state index is 11.5. The molecule has 176 valence electrons. The minimum absolute atomic E-state index is 2.71. The highest BCUT2D eigenvalue weighted by molar-refractivity contribution is 7.90. The van der Waals surface area contributed by atoms with Gasteiger partial charge in [0.05, 0.1) is 0 Å². The van der Waals surface area contributed by atoms with Crippen LogP contribution in [-0.2, 0) is 10.1 Å². The Labute approximate surface area is 250 Å². The zero-order valence-electron chi connectivity index (χ0n) is 12.1. The van der Waals surface area contributed by atoms with Gasteiger partial charge in [0.25, 0.3) is 3.67 Å².